The maximum absolute atomic E-state index is 13.2. The number of carbonyl (C=O) groups is 3. The van der Waals surface area contributed by atoms with Crippen LogP contribution < -0.4 is 0 Å². The molecule has 1 saturated heterocycles. The van der Waals surface area contributed by atoms with Gasteiger partial charge in [-0.3, -0.25) is 9.69 Å². The van der Waals surface area contributed by atoms with E-state index in [1.165, 1.54) is 19.3 Å². The van der Waals surface area contributed by atoms with Gasteiger partial charge in [-0.15, -0.1) is 0 Å². The Morgan fingerprint density at radius 3 is 2.06 bits per heavy atom. The zero-order valence-electron chi connectivity index (χ0n) is 17.9. The van der Waals surface area contributed by atoms with Crippen molar-refractivity contribution in [1.29, 1.82) is 0 Å². The molecule has 1 heterocycles. The van der Waals surface area contributed by atoms with Crippen LogP contribution in [0.2, 0.25) is 0 Å². The van der Waals surface area contributed by atoms with Crippen LogP contribution in [-0.2, 0) is 9.59 Å². The van der Waals surface area contributed by atoms with Gasteiger partial charge in [-0.2, -0.15) is 0 Å². The summed E-state index contributed by atoms with van der Waals surface area (Å²) in [5, 5.41) is 26.2. The van der Waals surface area contributed by atoms with Crippen LogP contribution in [0.5, 0.6) is 0 Å². The van der Waals surface area contributed by atoms with Crippen LogP contribution in [0.15, 0.2) is 42.5 Å². The number of β-amino-alcohol motifs (C(OH)–C–C–N with tert-alkyl or cyclic N) is 1. The standard InChI is InChI=1S/C19H28N2O2.C4H4O4/c1-2-20-13-17(18(22)14-20)21(16-11-7-4-8-12-16)19(23)15-9-5-3-6-10-15;5-3(6)1-2-4(7)8/h3,5-6,9-10,16-18,22H,2,4,7-8,11-14H2,1H3;1-2H,(H,5,6)(H,7,8). The molecule has 1 saturated carbocycles. The molecule has 3 N–H and O–H groups in total. The molecule has 0 spiro atoms. The molecule has 1 aliphatic heterocycles. The van der Waals surface area contributed by atoms with Crippen molar-refractivity contribution in [2.75, 3.05) is 19.6 Å². The largest absolute Gasteiger partial charge is 0.478 e. The Kier molecular flexibility index (Phi) is 9.68. The third-order valence-electron chi connectivity index (χ3n) is 5.73. The molecule has 8 heteroatoms. The second-order valence-corrected chi connectivity index (χ2v) is 7.87. The highest BCUT2D eigenvalue weighted by Gasteiger charge is 2.40. The van der Waals surface area contributed by atoms with Gasteiger partial charge in [0.2, 0.25) is 0 Å². The number of amides is 1. The van der Waals surface area contributed by atoms with E-state index in [9.17, 15) is 19.5 Å². The normalized spacial score (nSPS) is 22.0. The summed E-state index contributed by atoms with van der Waals surface area (Å²) in [6, 6.07) is 9.73. The van der Waals surface area contributed by atoms with Gasteiger partial charge in [0.25, 0.3) is 5.91 Å². The minimum absolute atomic E-state index is 0.0780. The van der Waals surface area contributed by atoms with Crippen LogP contribution in [0.3, 0.4) is 0 Å². The Labute approximate surface area is 182 Å². The SMILES string of the molecule is CCN1CC(O)C(N(C(=O)c2ccccc2)C2CCCCC2)C1.O=C(O)C=CC(=O)O. The number of aliphatic hydroxyl groups is 1. The number of carbonyl (C=O) groups excluding carboxylic acids is 1. The molecule has 2 aliphatic rings. The monoisotopic (exact) mass is 432 g/mol. The smallest absolute Gasteiger partial charge is 0.328 e. The quantitative estimate of drug-likeness (QED) is 0.590. The van der Waals surface area contributed by atoms with Crippen molar-refractivity contribution in [3.63, 3.8) is 0 Å². The highest BCUT2D eigenvalue weighted by molar-refractivity contribution is 5.94. The first-order valence-electron chi connectivity index (χ1n) is 10.8. The lowest BCUT2D eigenvalue weighted by Crippen LogP contribution is -2.52. The number of hydrogen-bond acceptors (Lipinski definition) is 5. The number of likely N-dealkylation sites (tertiary alicyclic amines) is 1. The third kappa shape index (κ3) is 7.48. The van der Waals surface area contributed by atoms with Crippen LogP contribution in [0, 0.1) is 0 Å². The summed E-state index contributed by atoms with van der Waals surface area (Å²) in [7, 11) is 0. The molecule has 1 amide bonds. The number of likely N-dealkylation sites (N-methyl/N-ethyl adjacent to an activating group) is 1. The van der Waals surface area contributed by atoms with Crippen molar-refractivity contribution in [3.8, 4) is 0 Å². The Balaban J connectivity index is 0.000000366. The topological polar surface area (TPSA) is 118 Å². The second-order valence-electron chi connectivity index (χ2n) is 7.87. The highest BCUT2D eigenvalue weighted by Crippen LogP contribution is 2.29. The molecule has 170 valence electrons. The molecule has 8 nitrogen and oxygen atoms in total. The molecule has 0 aromatic heterocycles. The summed E-state index contributed by atoms with van der Waals surface area (Å²) < 4.78 is 0. The maximum atomic E-state index is 13.2. The fourth-order valence-electron chi connectivity index (χ4n) is 4.20. The van der Waals surface area contributed by atoms with E-state index in [0.29, 0.717) is 18.7 Å². The zero-order valence-corrected chi connectivity index (χ0v) is 17.9. The fraction of sp³-hybridized carbons (Fsp3) is 0.522. The number of carboxylic acid groups (broad SMARTS) is 2. The lowest BCUT2D eigenvalue weighted by molar-refractivity contribution is -0.134. The van der Waals surface area contributed by atoms with E-state index in [1.807, 2.05) is 35.2 Å². The Morgan fingerprint density at radius 1 is 1.00 bits per heavy atom. The zero-order chi connectivity index (χ0) is 22.8. The van der Waals surface area contributed by atoms with E-state index >= 15 is 0 Å². The van der Waals surface area contributed by atoms with E-state index in [1.54, 1.807) is 0 Å². The van der Waals surface area contributed by atoms with Gasteiger partial charge in [0.15, 0.2) is 0 Å². The van der Waals surface area contributed by atoms with Crippen LogP contribution in [0.4, 0.5) is 0 Å². The van der Waals surface area contributed by atoms with Crippen LogP contribution in [0.25, 0.3) is 0 Å². The molecule has 0 radical (unpaired) electrons. The fourth-order valence-corrected chi connectivity index (χ4v) is 4.20. The molecule has 1 aromatic carbocycles. The number of benzene rings is 1. The molecule has 2 atom stereocenters. The van der Waals surface area contributed by atoms with Gasteiger partial charge >= 0.3 is 11.9 Å². The summed E-state index contributed by atoms with van der Waals surface area (Å²) in [6.45, 7) is 4.49. The number of aliphatic hydroxyl groups excluding tert-OH is 1. The number of hydrogen-bond donors (Lipinski definition) is 3. The summed E-state index contributed by atoms with van der Waals surface area (Å²) in [5.74, 6) is -2.43. The predicted octanol–water partition coefficient (Wildman–Crippen LogP) is 2.24. The average Bonchev–Trinajstić information content (AvgIpc) is 3.14. The van der Waals surface area contributed by atoms with E-state index in [-0.39, 0.29) is 18.0 Å². The lowest BCUT2D eigenvalue weighted by Gasteiger charge is -2.39. The number of nitrogens with zero attached hydrogens (tertiary/aromatic N) is 2. The van der Waals surface area contributed by atoms with Crippen molar-refractivity contribution in [2.24, 2.45) is 0 Å². The van der Waals surface area contributed by atoms with Crippen molar-refractivity contribution in [2.45, 2.75) is 57.2 Å². The minimum atomic E-state index is -1.26. The van der Waals surface area contributed by atoms with Gasteiger partial charge in [-0.05, 0) is 31.5 Å². The summed E-state index contributed by atoms with van der Waals surface area (Å²) in [4.78, 5) is 36.5. The van der Waals surface area contributed by atoms with E-state index < -0.39 is 18.0 Å². The van der Waals surface area contributed by atoms with E-state index in [0.717, 1.165) is 31.5 Å². The van der Waals surface area contributed by atoms with Gasteiger partial charge in [0.1, 0.15) is 0 Å². The predicted molar refractivity (Wildman–Crippen MR) is 116 cm³/mol. The summed E-state index contributed by atoms with van der Waals surface area (Å²) >= 11 is 0. The molecule has 0 bridgehead atoms. The van der Waals surface area contributed by atoms with Crippen LogP contribution in [-0.4, -0.2) is 80.8 Å². The molecular formula is C23H32N2O6. The lowest BCUT2D eigenvalue weighted by atomic mass is 9.92. The average molecular weight is 433 g/mol. The maximum Gasteiger partial charge on any atom is 0.328 e. The van der Waals surface area contributed by atoms with Gasteiger partial charge in [-0.1, -0.05) is 44.4 Å². The van der Waals surface area contributed by atoms with Gasteiger partial charge < -0.3 is 20.2 Å². The molecule has 1 aromatic rings. The first kappa shape index (κ1) is 24.6. The molecular weight excluding hydrogens is 400 g/mol. The third-order valence-corrected chi connectivity index (χ3v) is 5.73. The molecule has 2 unspecified atom stereocenters. The second kappa shape index (κ2) is 12.2. The van der Waals surface area contributed by atoms with Gasteiger partial charge in [0.05, 0.1) is 12.1 Å². The van der Waals surface area contributed by atoms with Crippen molar-refractivity contribution >= 4 is 17.8 Å². The number of aliphatic carboxylic acids is 2. The summed E-state index contributed by atoms with van der Waals surface area (Å²) in [6.07, 6.45) is 6.43. The Bertz CT molecular complexity index is 745. The highest BCUT2D eigenvalue weighted by atomic mass is 16.4. The Morgan fingerprint density at radius 2 is 1.58 bits per heavy atom. The van der Waals surface area contributed by atoms with Gasteiger partial charge in [-0.25, -0.2) is 9.59 Å². The van der Waals surface area contributed by atoms with E-state index in [2.05, 4.69) is 11.8 Å². The number of carboxylic acids is 2. The molecule has 31 heavy (non-hydrogen) atoms. The molecule has 2 fully saturated rings. The first-order valence-corrected chi connectivity index (χ1v) is 10.8. The summed E-state index contributed by atoms with van der Waals surface area (Å²) in [5.41, 5.74) is 0.736. The van der Waals surface area contributed by atoms with Crippen LogP contribution >= 0.6 is 0 Å². The number of rotatable bonds is 6. The van der Waals surface area contributed by atoms with Crippen molar-refractivity contribution < 1.29 is 29.7 Å². The minimum Gasteiger partial charge on any atom is -0.478 e. The molecule has 3 rings (SSSR count). The van der Waals surface area contributed by atoms with Crippen LogP contribution in [0.1, 0.15) is 49.4 Å². The van der Waals surface area contributed by atoms with Gasteiger partial charge in [0, 0.05) is 36.8 Å². The van der Waals surface area contributed by atoms with E-state index in [4.69, 9.17) is 10.2 Å². The molecule has 1 aliphatic carbocycles. The van der Waals surface area contributed by atoms with Crippen molar-refractivity contribution in [1.82, 2.24) is 9.80 Å². The Hall–Kier alpha value is -2.71. The van der Waals surface area contributed by atoms with Crippen molar-refractivity contribution in [3.05, 3.63) is 48.0 Å². The first-order chi connectivity index (χ1) is 14.8.